The van der Waals surface area contributed by atoms with E-state index in [1.165, 1.54) is 12.1 Å². The Morgan fingerprint density at radius 3 is 2.40 bits per heavy atom. The molecule has 2 fully saturated rings. The van der Waals surface area contributed by atoms with Crippen LogP contribution in [0.25, 0.3) is 0 Å². The molecule has 9 nitrogen and oxygen atoms in total. The molecule has 11 heteroatoms. The molecule has 0 bridgehead atoms. The molecule has 2 N–H and O–H groups in total. The first-order valence-corrected chi connectivity index (χ1v) is 15.8. The minimum absolute atomic E-state index is 0.0108. The van der Waals surface area contributed by atoms with Crippen LogP contribution in [0.3, 0.4) is 0 Å². The minimum Gasteiger partial charge on any atom is -0.444 e. The monoisotopic (exact) mass is 628 g/mol. The van der Waals surface area contributed by atoms with Crippen LogP contribution >= 0.6 is 0 Å². The third-order valence-corrected chi connectivity index (χ3v) is 8.01. The van der Waals surface area contributed by atoms with E-state index < -0.39 is 35.3 Å². The normalized spacial score (nSPS) is 19.4. The highest BCUT2D eigenvalue weighted by Gasteiger charge is 2.33. The Morgan fingerprint density at radius 1 is 1.00 bits per heavy atom. The fourth-order valence-electron chi connectivity index (χ4n) is 6.07. The van der Waals surface area contributed by atoms with Gasteiger partial charge in [-0.3, -0.25) is 9.59 Å². The van der Waals surface area contributed by atoms with Crippen molar-refractivity contribution in [3.8, 4) is 0 Å². The van der Waals surface area contributed by atoms with Crippen LogP contribution in [0.4, 0.5) is 13.6 Å². The lowest BCUT2D eigenvalue weighted by Crippen LogP contribution is -2.56. The van der Waals surface area contributed by atoms with E-state index in [1.807, 2.05) is 18.7 Å². The molecule has 246 valence electrons. The molecule has 0 aliphatic carbocycles. The number of hydrogen-bond donors (Lipinski definition) is 2. The van der Waals surface area contributed by atoms with E-state index in [9.17, 15) is 23.2 Å². The van der Waals surface area contributed by atoms with E-state index in [0.717, 1.165) is 24.5 Å². The molecular formula is C34H46F2N4O5. The molecule has 3 amide bonds. The van der Waals surface area contributed by atoms with Gasteiger partial charge in [-0.25, -0.2) is 13.6 Å². The lowest BCUT2D eigenvalue weighted by atomic mass is 9.96. The highest BCUT2D eigenvalue weighted by molar-refractivity contribution is 6.00. The molecule has 45 heavy (non-hydrogen) atoms. The zero-order valence-corrected chi connectivity index (χ0v) is 27.0. The molecule has 2 aromatic carbocycles. The molecule has 2 aliphatic rings. The summed E-state index contributed by atoms with van der Waals surface area (Å²) in [6, 6.07) is 7.41. The maximum absolute atomic E-state index is 14.1. The van der Waals surface area contributed by atoms with E-state index in [1.54, 1.807) is 43.9 Å². The number of likely N-dealkylation sites (tertiary alicyclic amines) is 1. The van der Waals surface area contributed by atoms with Gasteiger partial charge in [-0.1, -0.05) is 0 Å². The summed E-state index contributed by atoms with van der Waals surface area (Å²) >= 11 is 0. The summed E-state index contributed by atoms with van der Waals surface area (Å²) in [5, 5.41) is 6.33. The topological polar surface area (TPSA) is 100 Å². The molecule has 2 aliphatic heterocycles. The van der Waals surface area contributed by atoms with Gasteiger partial charge in [-0.05, 0) is 102 Å². The van der Waals surface area contributed by atoms with Crippen molar-refractivity contribution in [2.75, 3.05) is 39.4 Å². The number of aryl methyl sites for hydroxylation is 1. The fraction of sp³-hybridized carbons (Fsp3) is 0.559. The lowest BCUT2D eigenvalue weighted by molar-refractivity contribution is 0.0102. The zero-order chi connectivity index (χ0) is 32.7. The number of carbonyl (C=O) groups is 3. The standard InChI is InChI=1S/C34H46F2N4O5/c1-6-44-21-29-8-7-10-39(29)32(42)25-13-22(2)12-24(17-25)31(41)38-28(16-23-14-26(35)18-27(36)15-23)19-30-20-37-9-11-40(30)33(43)45-34(3,4)5/h12-15,17-18,28-30,37H,6-11,16,19-21H2,1-5H3,(H,38,41)/t28-,29+,30-/m0/s1. The van der Waals surface area contributed by atoms with Crippen molar-refractivity contribution in [2.45, 2.75) is 84.0 Å². The van der Waals surface area contributed by atoms with Crippen molar-refractivity contribution >= 4 is 17.9 Å². The van der Waals surface area contributed by atoms with Crippen LogP contribution in [0, 0.1) is 18.6 Å². The van der Waals surface area contributed by atoms with Gasteiger partial charge in [-0.15, -0.1) is 0 Å². The molecule has 2 heterocycles. The van der Waals surface area contributed by atoms with Gasteiger partial charge in [0.1, 0.15) is 17.2 Å². The van der Waals surface area contributed by atoms with Crippen molar-refractivity contribution in [1.29, 1.82) is 0 Å². The molecule has 4 rings (SSSR count). The number of rotatable bonds is 10. The Hall–Kier alpha value is -3.57. The van der Waals surface area contributed by atoms with E-state index in [0.29, 0.717) is 62.5 Å². The summed E-state index contributed by atoms with van der Waals surface area (Å²) in [4.78, 5) is 43.8. The molecule has 0 saturated carbocycles. The van der Waals surface area contributed by atoms with Gasteiger partial charge in [0.2, 0.25) is 0 Å². The maximum atomic E-state index is 14.1. The molecule has 0 unspecified atom stereocenters. The smallest absolute Gasteiger partial charge is 0.410 e. The zero-order valence-electron chi connectivity index (χ0n) is 27.0. The average molecular weight is 629 g/mol. The van der Waals surface area contributed by atoms with Gasteiger partial charge in [0.15, 0.2) is 0 Å². The largest absolute Gasteiger partial charge is 0.444 e. The number of benzene rings is 2. The summed E-state index contributed by atoms with van der Waals surface area (Å²) in [6.07, 6.45) is 1.73. The number of piperazine rings is 1. The van der Waals surface area contributed by atoms with Crippen molar-refractivity contribution in [3.63, 3.8) is 0 Å². The van der Waals surface area contributed by atoms with Gasteiger partial charge >= 0.3 is 6.09 Å². The number of halogens is 2. The lowest BCUT2D eigenvalue weighted by Gasteiger charge is -2.38. The van der Waals surface area contributed by atoms with Gasteiger partial charge in [0.05, 0.1) is 12.6 Å². The predicted octanol–water partition coefficient (Wildman–Crippen LogP) is 4.85. The molecule has 0 aromatic heterocycles. The minimum atomic E-state index is -0.712. The summed E-state index contributed by atoms with van der Waals surface area (Å²) in [6.45, 7) is 12.3. The van der Waals surface area contributed by atoms with E-state index >= 15 is 0 Å². The summed E-state index contributed by atoms with van der Waals surface area (Å²) < 4.78 is 39.5. The van der Waals surface area contributed by atoms with Crippen LogP contribution in [0.15, 0.2) is 36.4 Å². The Kier molecular flexibility index (Phi) is 11.5. The second-order valence-corrected chi connectivity index (χ2v) is 13.0. The molecule has 3 atom stereocenters. The van der Waals surface area contributed by atoms with E-state index in [4.69, 9.17) is 9.47 Å². The van der Waals surface area contributed by atoms with Crippen LogP contribution in [-0.4, -0.2) is 90.8 Å². The quantitative estimate of drug-likeness (QED) is 0.390. The van der Waals surface area contributed by atoms with Crippen LogP contribution in [0.1, 0.15) is 78.8 Å². The Bertz CT molecular complexity index is 1340. The average Bonchev–Trinajstić information content (AvgIpc) is 3.42. The summed E-state index contributed by atoms with van der Waals surface area (Å²) in [5.74, 6) is -2.00. The molecule has 2 aromatic rings. The van der Waals surface area contributed by atoms with E-state index in [2.05, 4.69) is 10.6 Å². The first-order valence-electron chi connectivity index (χ1n) is 15.8. The molecular weight excluding hydrogens is 582 g/mol. The summed E-state index contributed by atoms with van der Waals surface area (Å²) in [5.41, 5.74) is 1.17. The Balaban J connectivity index is 1.57. The second-order valence-electron chi connectivity index (χ2n) is 13.0. The molecule has 0 radical (unpaired) electrons. The second kappa shape index (κ2) is 15.1. The van der Waals surface area contributed by atoms with Gasteiger partial charge in [0, 0.05) is 62.1 Å². The summed E-state index contributed by atoms with van der Waals surface area (Å²) in [7, 11) is 0. The highest BCUT2D eigenvalue weighted by Crippen LogP contribution is 2.23. The van der Waals surface area contributed by atoms with Crippen LogP contribution in [0.2, 0.25) is 0 Å². The number of amides is 3. The van der Waals surface area contributed by atoms with Crippen LogP contribution < -0.4 is 10.6 Å². The third kappa shape index (κ3) is 9.71. The Morgan fingerprint density at radius 2 is 1.71 bits per heavy atom. The number of nitrogens with one attached hydrogen (secondary N) is 2. The number of ether oxygens (including phenoxy) is 2. The number of nitrogens with zero attached hydrogens (tertiary/aromatic N) is 2. The third-order valence-electron chi connectivity index (χ3n) is 8.01. The van der Waals surface area contributed by atoms with Crippen molar-refractivity contribution in [3.05, 3.63) is 70.3 Å². The Labute approximate surface area is 264 Å². The predicted molar refractivity (Wildman–Crippen MR) is 167 cm³/mol. The van der Waals surface area contributed by atoms with Gasteiger partial charge < -0.3 is 29.9 Å². The fourth-order valence-corrected chi connectivity index (χ4v) is 6.07. The van der Waals surface area contributed by atoms with Crippen molar-refractivity contribution < 1.29 is 32.6 Å². The highest BCUT2D eigenvalue weighted by atomic mass is 19.1. The van der Waals surface area contributed by atoms with Crippen LogP contribution in [0.5, 0.6) is 0 Å². The van der Waals surface area contributed by atoms with Crippen molar-refractivity contribution in [2.24, 2.45) is 0 Å². The van der Waals surface area contributed by atoms with Gasteiger partial charge in [0.25, 0.3) is 11.8 Å². The van der Waals surface area contributed by atoms with Crippen LogP contribution in [-0.2, 0) is 15.9 Å². The number of hydrogen-bond acceptors (Lipinski definition) is 6. The van der Waals surface area contributed by atoms with Crippen molar-refractivity contribution in [1.82, 2.24) is 20.4 Å². The maximum Gasteiger partial charge on any atom is 0.410 e. The SMILES string of the molecule is CCOC[C@H]1CCCN1C(=O)c1cc(C)cc(C(=O)N[C@@H](Cc2cc(F)cc(F)c2)C[C@H]2CNCCN2C(=O)OC(C)(C)C)c1. The van der Waals surface area contributed by atoms with Gasteiger partial charge in [-0.2, -0.15) is 0 Å². The first-order chi connectivity index (χ1) is 21.3. The first kappa shape index (κ1) is 34.3. The van der Waals surface area contributed by atoms with E-state index in [-0.39, 0.29) is 24.4 Å². The molecule has 2 saturated heterocycles. The number of carbonyl (C=O) groups excluding carboxylic acids is 3. The molecule has 0 spiro atoms.